The van der Waals surface area contributed by atoms with E-state index in [2.05, 4.69) is 31.1 Å². The summed E-state index contributed by atoms with van der Waals surface area (Å²) in [6.45, 7) is 7.78. The maximum absolute atomic E-state index is 12.9. The molecule has 4 aliphatic rings. The van der Waals surface area contributed by atoms with Crippen LogP contribution in [0.25, 0.3) is 0 Å². The van der Waals surface area contributed by atoms with Gasteiger partial charge in [-0.05, 0) is 51.4 Å². The molecule has 0 amide bonds. The molecule has 1 aliphatic carbocycles. The first-order valence-electron chi connectivity index (χ1n) is 12.3. The van der Waals surface area contributed by atoms with Crippen molar-refractivity contribution in [2.45, 2.75) is 63.8 Å². The van der Waals surface area contributed by atoms with Crippen LogP contribution in [0.4, 0.5) is 13.2 Å². The summed E-state index contributed by atoms with van der Waals surface area (Å²) in [5.74, 6) is 0.425. The van der Waals surface area contributed by atoms with Crippen molar-refractivity contribution in [2.24, 2.45) is 28.8 Å². The minimum Gasteiger partial charge on any atom is -0.411 e. The fraction of sp³-hybridized carbons (Fsp3) is 0.955. The fourth-order valence-electron chi connectivity index (χ4n) is 6.23. The molecule has 0 aromatic heterocycles. The maximum Gasteiger partial charge on any atom is 0.393 e. The van der Waals surface area contributed by atoms with Crippen LogP contribution in [0.5, 0.6) is 0 Å². The Hall–Kier alpha value is -0.940. The summed E-state index contributed by atoms with van der Waals surface area (Å²) >= 11 is 0. The van der Waals surface area contributed by atoms with Crippen molar-refractivity contribution in [2.75, 3.05) is 45.8 Å². The second kappa shape index (κ2) is 10.5. The summed E-state index contributed by atoms with van der Waals surface area (Å²) in [4.78, 5) is 4.86. The minimum absolute atomic E-state index is 0.0431. The molecule has 4 rings (SSSR count). The molecule has 3 heterocycles. The van der Waals surface area contributed by atoms with E-state index in [1.54, 1.807) is 0 Å². The number of hydrogen-bond acceptors (Lipinski definition) is 7. The highest BCUT2D eigenvalue weighted by Crippen LogP contribution is 2.35. The van der Waals surface area contributed by atoms with Crippen molar-refractivity contribution < 1.29 is 18.4 Å². The highest BCUT2D eigenvalue weighted by Gasteiger charge is 2.43. The third-order valence-corrected chi connectivity index (χ3v) is 8.36. The van der Waals surface area contributed by atoms with Crippen LogP contribution in [0.1, 0.15) is 45.4 Å². The molecule has 0 aromatic rings. The number of hydrazine groups is 1. The quantitative estimate of drug-likeness (QED) is 0.287. The monoisotopic (exact) mass is 460 g/mol. The summed E-state index contributed by atoms with van der Waals surface area (Å²) in [5, 5.41) is 15.6. The van der Waals surface area contributed by atoms with Crippen molar-refractivity contribution in [3.63, 3.8) is 0 Å². The van der Waals surface area contributed by atoms with Crippen molar-refractivity contribution in [1.29, 1.82) is 0 Å². The molecule has 7 nitrogen and oxygen atoms in total. The SMILES string of the molecule is C/C(=N\O)C1CCC(C2NNCC2CN2CCN(C3CCC(C(F)(F)F)CN3)CC2)CC1. The highest BCUT2D eigenvalue weighted by molar-refractivity contribution is 5.83. The average molecular weight is 461 g/mol. The second-order valence-corrected chi connectivity index (χ2v) is 10.2. The molecule has 4 fully saturated rings. The zero-order valence-corrected chi connectivity index (χ0v) is 19.1. The van der Waals surface area contributed by atoms with E-state index >= 15 is 0 Å². The molecule has 4 N–H and O–H groups in total. The Kier molecular flexibility index (Phi) is 7.97. The molecule has 32 heavy (non-hydrogen) atoms. The van der Waals surface area contributed by atoms with Gasteiger partial charge in [-0.2, -0.15) is 13.2 Å². The van der Waals surface area contributed by atoms with Crippen LogP contribution < -0.4 is 16.2 Å². The third kappa shape index (κ3) is 5.75. The van der Waals surface area contributed by atoms with E-state index in [1.165, 1.54) is 0 Å². The van der Waals surface area contributed by atoms with Gasteiger partial charge in [0.1, 0.15) is 0 Å². The van der Waals surface area contributed by atoms with Crippen LogP contribution in [0.2, 0.25) is 0 Å². The van der Waals surface area contributed by atoms with Crippen LogP contribution >= 0.6 is 0 Å². The lowest BCUT2D eigenvalue weighted by atomic mass is 9.74. The maximum atomic E-state index is 12.9. The summed E-state index contributed by atoms with van der Waals surface area (Å²) in [7, 11) is 0. The van der Waals surface area contributed by atoms with Gasteiger partial charge in [-0.15, -0.1) is 0 Å². The van der Waals surface area contributed by atoms with E-state index in [-0.39, 0.29) is 19.1 Å². The van der Waals surface area contributed by atoms with E-state index < -0.39 is 12.1 Å². The van der Waals surface area contributed by atoms with Gasteiger partial charge in [0.25, 0.3) is 0 Å². The number of nitrogens with zero attached hydrogens (tertiary/aromatic N) is 3. The first-order chi connectivity index (χ1) is 15.3. The molecule has 4 atom stereocenters. The Morgan fingerprint density at radius 3 is 2.31 bits per heavy atom. The second-order valence-electron chi connectivity index (χ2n) is 10.2. The predicted octanol–water partition coefficient (Wildman–Crippen LogP) is 2.24. The normalized spacial score (nSPS) is 38.8. The van der Waals surface area contributed by atoms with Gasteiger partial charge in [-0.25, -0.2) is 0 Å². The van der Waals surface area contributed by atoms with Gasteiger partial charge in [0.15, 0.2) is 0 Å². The number of piperidine rings is 1. The minimum atomic E-state index is -4.08. The van der Waals surface area contributed by atoms with Crippen LogP contribution in [-0.2, 0) is 0 Å². The van der Waals surface area contributed by atoms with E-state index in [1.807, 2.05) is 6.92 Å². The van der Waals surface area contributed by atoms with Crippen molar-refractivity contribution in [3.05, 3.63) is 0 Å². The first kappa shape index (κ1) is 24.2. The lowest BCUT2D eigenvalue weighted by Gasteiger charge is -2.43. The molecular weight excluding hydrogens is 421 g/mol. The lowest BCUT2D eigenvalue weighted by Crippen LogP contribution is -2.58. The number of alkyl halides is 3. The summed E-state index contributed by atoms with van der Waals surface area (Å²) in [6.07, 6.45) is 1.31. The molecule has 184 valence electrons. The third-order valence-electron chi connectivity index (χ3n) is 8.36. The first-order valence-corrected chi connectivity index (χ1v) is 12.3. The Labute approximate surface area is 189 Å². The number of oxime groups is 1. The molecule has 0 radical (unpaired) electrons. The van der Waals surface area contributed by atoms with E-state index in [9.17, 15) is 13.2 Å². The molecule has 0 aromatic carbocycles. The van der Waals surface area contributed by atoms with Crippen LogP contribution in [0, 0.1) is 23.7 Å². The van der Waals surface area contributed by atoms with Gasteiger partial charge in [-0.3, -0.25) is 15.8 Å². The van der Waals surface area contributed by atoms with Gasteiger partial charge >= 0.3 is 6.18 Å². The zero-order chi connectivity index (χ0) is 22.7. The van der Waals surface area contributed by atoms with Crippen molar-refractivity contribution in [3.8, 4) is 0 Å². The Morgan fingerprint density at radius 1 is 1.00 bits per heavy atom. The molecule has 3 saturated heterocycles. The molecule has 1 saturated carbocycles. The number of hydrogen-bond donors (Lipinski definition) is 4. The molecule has 3 aliphatic heterocycles. The van der Waals surface area contributed by atoms with Gasteiger partial charge in [0, 0.05) is 63.7 Å². The van der Waals surface area contributed by atoms with Crippen LogP contribution in [-0.4, -0.2) is 84.9 Å². The average Bonchev–Trinajstić information content (AvgIpc) is 3.27. The summed E-state index contributed by atoms with van der Waals surface area (Å²) < 4.78 is 38.7. The topological polar surface area (TPSA) is 75.2 Å². The Bertz CT molecular complexity index is 624. The van der Waals surface area contributed by atoms with Crippen molar-refractivity contribution >= 4 is 5.71 Å². The van der Waals surface area contributed by atoms with Gasteiger partial charge in [0.05, 0.1) is 17.8 Å². The smallest absolute Gasteiger partial charge is 0.393 e. The summed E-state index contributed by atoms with van der Waals surface area (Å²) in [6, 6.07) is 0.472. The fourth-order valence-corrected chi connectivity index (χ4v) is 6.23. The Morgan fingerprint density at radius 2 is 1.72 bits per heavy atom. The Balaban J connectivity index is 1.20. The number of rotatable bonds is 5. The number of piperazine rings is 1. The predicted molar refractivity (Wildman–Crippen MR) is 117 cm³/mol. The number of nitrogens with one attached hydrogen (secondary N) is 3. The molecule has 0 bridgehead atoms. The van der Waals surface area contributed by atoms with Gasteiger partial charge in [0.2, 0.25) is 0 Å². The van der Waals surface area contributed by atoms with Gasteiger partial charge in [-0.1, -0.05) is 5.16 Å². The van der Waals surface area contributed by atoms with E-state index in [0.29, 0.717) is 30.2 Å². The summed E-state index contributed by atoms with van der Waals surface area (Å²) in [5.41, 5.74) is 7.77. The largest absolute Gasteiger partial charge is 0.411 e. The highest BCUT2D eigenvalue weighted by atomic mass is 19.4. The van der Waals surface area contributed by atoms with E-state index in [0.717, 1.165) is 70.7 Å². The van der Waals surface area contributed by atoms with E-state index in [4.69, 9.17) is 5.21 Å². The molecular formula is C22H39F3N6O. The van der Waals surface area contributed by atoms with Gasteiger partial charge < -0.3 is 15.4 Å². The van der Waals surface area contributed by atoms with Crippen molar-refractivity contribution in [1.82, 2.24) is 26.0 Å². The van der Waals surface area contributed by atoms with Crippen LogP contribution in [0.3, 0.4) is 0 Å². The number of halogens is 3. The molecule has 4 unspecified atom stereocenters. The molecule has 10 heteroatoms. The zero-order valence-electron chi connectivity index (χ0n) is 19.1. The molecule has 0 spiro atoms. The van der Waals surface area contributed by atoms with Crippen LogP contribution in [0.15, 0.2) is 5.16 Å². The lowest BCUT2D eigenvalue weighted by molar-refractivity contribution is -0.182. The standard InChI is InChI=1S/C22H39F3N6O/c1-15(29-32)16-2-4-17(5-3-16)21-18(12-27-28-21)14-30-8-10-31(11-9-30)20-7-6-19(13-26-20)22(23,24)25/h16-21,26-28,32H,2-14H2,1H3/b29-15+.